The number of carbonyl (C=O) groups is 1. The van der Waals surface area contributed by atoms with Crippen LogP contribution < -0.4 is 4.74 Å². The van der Waals surface area contributed by atoms with Gasteiger partial charge in [-0.3, -0.25) is 4.79 Å². The van der Waals surface area contributed by atoms with Crippen LogP contribution in [0.2, 0.25) is 0 Å². The molecule has 2 N–H and O–H groups in total. The first-order valence-electron chi connectivity index (χ1n) is 9.09. The van der Waals surface area contributed by atoms with Crippen molar-refractivity contribution in [1.29, 1.82) is 0 Å². The molecule has 4 nitrogen and oxygen atoms in total. The Morgan fingerprint density at radius 1 is 1.04 bits per heavy atom. The summed E-state index contributed by atoms with van der Waals surface area (Å²) in [5, 5.41) is 19.5. The lowest BCUT2D eigenvalue weighted by molar-refractivity contribution is 0.103. The van der Waals surface area contributed by atoms with Crippen LogP contribution in [-0.4, -0.2) is 22.6 Å². The highest BCUT2D eigenvalue weighted by Gasteiger charge is 2.18. The molecule has 1 fully saturated rings. The molecule has 0 radical (unpaired) electrons. The molecule has 1 saturated carbocycles. The normalized spacial score (nSPS) is 15.2. The lowest BCUT2D eigenvalue weighted by atomic mass is 9.90. The average Bonchev–Trinajstić information content (AvgIpc) is 2.66. The Morgan fingerprint density at radius 2 is 1.77 bits per heavy atom. The summed E-state index contributed by atoms with van der Waals surface area (Å²) in [6.07, 6.45) is 9.12. The van der Waals surface area contributed by atoms with E-state index in [2.05, 4.69) is 0 Å². The minimum Gasteiger partial charge on any atom is -0.508 e. The van der Waals surface area contributed by atoms with Gasteiger partial charge in [0.25, 0.3) is 0 Å². The molecule has 26 heavy (non-hydrogen) atoms. The number of phenolic OH excluding ortho intramolecular Hbond substituents is 2. The zero-order valence-electron chi connectivity index (χ0n) is 14.7. The summed E-state index contributed by atoms with van der Waals surface area (Å²) in [5.74, 6) is 0.728. The number of ether oxygens (including phenoxy) is 1. The summed E-state index contributed by atoms with van der Waals surface area (Å²) in [6, 6.07) is 11.5. The van der Waals surface area contributed by atoms with Crippen LogP contribution in [0, 0.1) is 5.92 Å². The fourth-order valence-electron chi connectivity index (χ4n) is 3.29. The first-order valence-corrected chi connectivity index (χ1v) is 9.09. The van der Waals surface area contributed by atoms with E-state index >= 15 is 0 Å². The summed E-state index contributed by atoms with van der Waals surface area (Å²) in [6.45, 7) is 0.575. The summed E-state index contributed by atoms with van der Waals surface area (Å²) < 4.78 is 5.90. The van der Waals surface area contributed by atoms with Crippen molar-refractivity contribution in [2.45, 2.75) is 32.1 Å². The Morgan fingerprint density at radius 3 is 2.50 bits per heavy atom. The molecular weight excluding hydrogens is 328 g/mol. The molecule has 1 aliphatic rings. The topological polar surface area (TPSA) is 66.8 Å². The lowest BCUT2D eigenvalue weighted by Crippen LogP contribution is -2.16. The van der Waals surface area contributed by atoms with Crippen LogP contribution in [0.1, 0.15) is 48.0 Å². The van der Waals surface area contributed by atoms with E-state index in [1.807, 2.05) is 0 Å². The standard InChI is InChI=1S/C22H24O4/c23-18-12-9-16(10-13-18)11-14-20(25)22-19(24)7-4-8-21(22)26-15-17-5-2-1-3-6-17/h4,7-14,17,23-24H,1-3,5-6,15H2/b14-11+. The molecule has 0 aromatic heterocycles. The third kappa shape index (κ3) is 4.66. The van der Waals surface area contributed by atoms with Crippen molar-refractivity contribution >= 4 is 11.9 Å². The van der Waals surface area contributed by atoms with Crippen LogP contribution >= 0.6 is 0 Å². The zero-order valence-corrected chi connectivity index (χ0v) is 14.7. The first kappa shape index (κ1) is 18.1. The highest BCUT2D eigenvalue weighted by atomic mass is 16.5. The zero-order chi connectivity index (χ0) is 18.4. The van der Waals surface area contributed by atoms with Crippen LogP contribution in [0.3, 0.4) is 0 Å². The molecule has 4 heteroatoms. The van der Waals surface area contributed by atoms with E-state index in [0.717, 1.165) is 18.4 Å². The van der Waals surface area contributed by atoms with E-state index in [9.17, 15) is 15.0 Å². The van der Waals surface area contributed by atoms with Gasteiger partial charge in [0.15, 0.2) is 5.78 Å². The molecule has 0 heterocycles. The maximum Gasteiger partial charge on any atom is 0.193 e. The third-order valence-corrected chi connectivity index (χ3v) is 4.77. The molecule has 3 rings (SSSR count). The van der Waals surface area contributed by atoms with E-state index in [-0.39, 0.29) is 22.8 Å². The van der Waals surface area contributed by atoms with E-state index in [0.29, 0.717) is 18.3 Å². The highest BCUT2D eigenvalue weighted by Crippen LogP contribution is 2.30. The molecule has 0 aliphatic heterocycles. The maximum atomic E-state index is 12.6. The van der Waals surface area contributed by atoms with Gasteiger partial charge in [-0.1, -0.05) is 43.5 Å². The summed E-state index contributed by atoms with van der Waals surface area (Å²) >= 11 is 0. The molecular formula is C22H24O4. The smallest absolute Gasteiger partial charge is 0.193 e. The van der Waals surface area contributed by atoms with Gasteiger partial charge in [-0.05, 0) is 54.7 Å². The van der Waals surface area contributed by atoms with Crippen molar-refractivity contribution in [3.8, 4) is 17.2 Å². The van der Waals surface area contributed by atoms with Gasteiger partial charge in [-0.2, -0.15) is 0 Å². The van der Waals surface area contributed by atoms with Crippen molar-refractivity contribution in [2.75, 3.05) is 6.61 Å². The Hall–Kier alpha value is -2.75. The minimum atomic E-state index is -0.310. The average molecular weight is 352 g/mol. The Labute approximate surface area is 153 Å². The van der Waals surface area contributed by atoms with Crippen LogP contribution in [-0.2, 0) is 0 Å². The van der Waals surface area contributed by atoms with Gasteiger partial charge in [-0.25, -0.2) is 0 Å². The summed E-state index contributed by atoms with van der Waals surface area (Å²) in [4.78, 5) is 12.6. The molecule has 0 unspecified atom stereocenters. The quantitative estimate of drug-likeness (QED) is 0.570. The Balaban J connectivity index is 1.73. The van der Waals surface area contributed by atoms with Gasteiger partial charge in [0, 0.05) is 0 Å². The number of phenols is 2. The monoisotopic (exact) mass is 352 g/mol. The number of hydrogen-bond acceptors (Lipinski definition) is 4. The Bertz CT molecular complexity index is 771. The fraction of sp³-hybridized carbons (Fsp3) is 0.318. The SMILES string of the molecule is O=C(/C=C/c1ccc(O)cc1)c1c(O)cccc1OCC1CCCCC1. The number of rotatable bonds is 6. The minimum absolute atomic E-state index is 0.0773. The number of ketones is 1. The molecule has 1 aliphatic carbocycles. The number of aromatic hydroxyl groups is 2. The molecule has 0 saturated heterocycles. The molecule has 0 spiro atoms. The van der Waals surface area contributed by atoms with E-state index < -0.39 is 0 Å². The number of benzene rings is 2. The largest absolute Gasteiger partial charge is 0.508 e. The number of hydrogen-bond donors (Lipinski definition) is 2. The predicted molar refractivity (Wildman–Crippen MR) is 102 cm³/mol. The second-order valence-corrected chi connectivity index (χ2v) is 6.75. The van der Waals surface area contributed by atoms with E-state index in [1.54, 1.807) is 42.5 Å². The van der Waals surface area contributed by atoms with Crippen LogP contribution in [0.4, 0.5) is 0 Å². The molecule has 0 atom stereocenters. The van der Waals surface area contributed by atoms with Gasteiger partial charge < -0.3 is 14.9 Å². The molecule has 2 aromatic carbocycles. The van der Waals surface area contributed by atoms with Crippen molar-refractivity contribution in [3.63, 3.8) is 0 Å². The van der Waals surface area contributed by atoms with Crippen LogP contribution in [0.5, 0.6) is 17.2 Å². The third-order valence-electron chi connectivity index (χ3n) is 4.77. The van der Waals surface area contributed by atoms with Gasteiger partial charge in [0.2, 0.25) is 0 Å². The van der Waals surface area contributed by atoms with Gasteiger partial charge in [0.1, 0.15) is 22.8 Å². The van der Waals surface area contributed by atoms with Crippen LogP contribution in [0.25, 0.3) is 6.08 Å². The Kier molecular flexibility index (Phi) is 5.95. The summed E-state index contributed by atoms with van der Waals surface area (Å²) in [7, 11) is 0. The predicted octanol–water partition coefficient (Wildman–Crippen LogP) is 4.95. The molecule has 0 bridgehead atoms. The van der Waals surface area contributed by atoms with Crippen molar-refractivity contribution in [1.82, 2.24) is 0 Å². The second-order valence-electron chi connectivity index (χ2n) is 6.75. The maximum absolute atomic E-state index is 12.6. The van der Waals surface area contributed by atoms with Crippen molar-refractivity contribution in [2.24, 2.45) is 5.92 Å². The van der Waals surface area contributed by atoms with E-state index in [1.165, 1.54) is 31.4 Å². The highest BCUT2D eigenvalue weighted by molar-refractivity contribution is 6.10. The molecule has 136 valence electrons. The van der Waals surface area contributed by atoms with Gasteiger partial charge in [0.05, 0.1) is 6.61 Å². The second kappa shape index (κ2) is 8.56. The van der Waals surface area contributed by atoms with Crippen LogP contribution in [0.15, 0.2) is 48.5 Å². The molecule has 2 aromatic rings. The fourth-order valence-corrected chi connectivity index (χ4v) is 3.29. The van der Waals surface area contributed by atoms with Gasteiger partial charge in [-0.15, -0.1) is 0 Å². The van der Waals surface area contributed by atoms with Gasteiger partial charge >= 0.3 is 0 Å². The van der Waals surface area contributed by atoms with Crippen molar-refractivity contribution < 1.29 is 19.7 Å². The summed E-state index contributed by atoms with van der Waals surface area (Å²) in [5.41, 5.74) is 0.981. The lowest BCUT2D eigenvalue weighted by Gasteiger charge is -2.22. The van der Waals surface area contributed by atoms with Crippen molar-refractivity contribution in [3.05, 3.63) is 59.7 Å². The first-order chi connectivity index (χ1) is 12.6. The van der Waals surface area contributed by atoms with E-state index in [4.69, 9.17) is 4.74 Å². The number of carbonyl (C=O) groups excluding carboxylic acids is 1. The molecule has 0 amide bonds. The number of allylic oxidation sites excluding steroid dienone is 1.